The molecule has 88 valence electrons. The molecule has 0 aromatic heterocycles. The number of hydrogen-bond acceptors (Lipinski definition) is 4. The maximum absolute atomic E-state index is 13.1. The van der Waals surface area contributed by atoms with Crippen molar-refractivity contribution in [1.29, 1.82) is 0 Å². The molecule has 0 bridgehead atoms. The highest BCUT2D eigenvalue weighted by Crippen LogP contribution is 2.30. The molecule has 0 unspecified atom stereocenters. The van der Waals surface area contributed by atoms with Gasteiger partial charge in [-0.3, -0.25) is 10.1 Å². The van der Waals surface area contributed by atoms with Crippen LogP contribution in [0.25, 0.3) is 0 Å². The van der Waals surface area contributed by atoms with Crippen LogP contribution in [-0.2, 0) is 4.74 Å². The van der Waals surface area contributed by atoms with Crippen LogP contribution >= 0.6 is 15.9 Å². The number of nitrogens with zero attached hydrogens (tertiary/aromatic N) is 1. The molecule has 0 heterocycles. The van der Waals surface area contributed by atoms with Gasteiger partial charge in [0.25, 0.3) is 5.69 Å². The lowest BCUT2D eigenvalue weighted by atomic mass is 10.2. The lowest BCUT2D eigenvalue weighted by Crippen LogP contribution is -2.09. The molecular weight excluding hydrogens is 283 g/mol. The van der Waals surface area contributed by atoms with E-state index in [1.807, 2.05) is 0 Å². The molecule has 16 heavy (non-hydrogen) atoms. The Hall–Kier alpha value is -1.21. The normalized spacial score (nSPS) is 10.2. The Morgan fingerprint density at radius 1 is 1.62 bits per heavy atom. The lowest BCUT2D eigenvalue weighted by Gasteiger charge is -2.07. The molecule has 0 radical (unpaired) electrons. The summed E-state index contributed by atoms with van der Waals surface area (Å²) in [6.45, 7) is 0.821. The number of nitrogens with one attached hydrogen (secondary N) is 1. The van der Waals surface area contributed by atoms with Gasteiger partial charge in [0.05, 0.1) is 22.1 Å². The van der Waals surface area contributed by atoms with Gasteiger partial charge in [-0.25, -0.2) is 4.39 Å². The highest BCUT2D eigenvalue weighted by molar-refractivity contribution is 9.10. The van der Waals surface area contributed by atoms with E-state index in [-0.39, 0.29) is 15.8 Å². The summed E-state index contributed by atoms with van der Waals surface area (Å²) in [7, 11) is 1.52. The van der Waals surface area contributed by atoms with Crippen LogP contribution in [-0.4, -0.2) is 25.2 Å². The molecule has 0 saturated carbocycles. The zero-order valence-electron chi connectivity index (χ0n) is 8.50. The van der Waals surface area contributed by atoms with Crippen molar-refractivity contribution in [3.63, 3.8) is 0 Å². The maximum atomic E-state index is 13.1. The van der Waals surface area contributed by atoms with Crippen LogP contribution < -0.4 is 5.32 Å². The van der Waals surface area contributed by atoms with Crippen LogP contribution in [0.4, 0.5) is 15.8 Å². The molecule has 0 atom stereocenters. The van der Waals surface area contributed by atoms with Crippen molar-refractivity contribution in [1.82, 2.24) is 0 Å². The molecule has 0 aliphatic carbocycles. The second-order valence-corrected chi connectivity index (χ2v) is 3.81. The Kier molecular flexibility index (Phi) is 4.63. The summed E-state index contributed by atoms with van der Waals surface area (Å²) < 4.78 is 18.1. The molecule has 7 heteroatoms. The first-order chi connectivity index (χ1) is 7.56. The third-order valence-corrected chi connectivity index (χ3v) is 2.46. The van der Waals surface area contributed by atoms with E-state index in [2.05, 4.69) is 21.2 Å². The van der Waals surface area contributed by atoms with E-state index in [0.29, 0.717) is 13.2 Å². The number of anilines is 1. The van der Waals surface area contributed by atoms with Crippen LogP contribution in [0.1, 0.15) is 0 Å². The van der Waals surface area contributed by atoms with Gasteiger partial charge in [-0.15, -0.1) is 0 Å². The van der Waals surface area contributed by atoms with Gasteiger partial charge in [0.2, 0.25) is 0 Å². The average Bonchev–Trinajstić information content (AvgIpc) is 2.23. The summed E-state index contributed by atoms with van der Waals surface area (Å²) in [5, 5.41) is 13.5. The first-order valence-corrected chi connectivity index (χ1v) is 5.21. The average molecular weight is 293 g/mol. The number of methoxy groups -OCH3 is 1. The lowest BCUT2D eigenvalue weighted by molar-refractivity contribution is -0.384. The molecule has 0 amide bonds. The summed E-state index contributed by atoms with van der Waals surface area (Å²) in [5.74, 6) is -0.663. The number of halogens is 2. The summed E-state index contributed by atoms with van der Waals surface area (Å²) in [6.07, 6.45) is 0. The Labute approximate surface area is 99.9 Å². The minimum absolute atomic E-state index is 0.179. The van der Waals surface area contributed by atoms with Crippen LogP contribution in [0.5, 0.6) is 0 Å². The Bertz CT molecular complexity index is 401. The van der Waals surface area contributed by atoms with E-state index in [4.69, 9.17) is 4.74 Å². The van der Waals surface area contributed by atoms with Gasteiger partial charge < -0.3 is 10.1 Å². The molecule has 0 fully saturated rings. The Balaban J connectivity index is 2.95. The van der Waals surface area contributed by atoms with E-state index in [0.717, 1.165) is 6.07 Å². The summed E-state index contributed by atoms with van der Waals surface area (Å²) in [6, 6.07) is 2.21. The standard InChI is InChI=1S/C9H10BrFN2O3/c1-16-3-2-12-8-4-6(10)7(11)5-9(8)13(14)15/h4-5,12H,2-3H2,1H3. The number of rotatable bonds is 5. The molecule has 1 rings (SSSR count). The highest BCUT2D eigenvalue weighted by Gasteiger charge is 2.17. The van der Waals surface area contributed by atoms with Crippen molar-refractivity contribution < 1.29 is 14.1 Å². The molecule has 0 spiro atoms. The van der Waals surface area contributed by atoms with Crippen LogP contribution in [0.15, 0.2) is 16.6 Å². The maximum Gasteiger partial charge on any atom is 0.295 e. The van der Waals surface area contributed by atoms with Crippen molar-refractivity contribution in [3.05, 3.63) is 32.5 Å². The van der Waals surface area contributed by atoms with Gasteiger partial charge >= 0.3 is 0 Å². The van der Waals surface area contributed by atoms with E-state index >= 15 is 0 Å². The number of hydrogen-bond donors (Lipinski definition) is 1. The summed E-state index contributed by atoms with van der Waals surface area (Å²) in [4.78, 5) is 10.0. The molecule has 1 N–H and O–H groups in total. The third-order valence-electron chi connectivity index (χ3n) is 1.86. The molecule has 0 aliphatic heterocycles. The van der Waals surface area contributed by atoms with Gasteiger partial charge in [-0.1, -0.05) is 0 Å². The quantitative estimate of drug-likeness (QED) is 0.515. The van der Waals surface area contributed by atoms with Crippen molar-refractivity contribution in [2.45, 2.75) is 0 Å². The van der Waals surface area contributed by atoms with Gasteiger partial charge in [0.15, 0.2) is 0 Å². The Morgan fingerprint density at radius 3 is 2.88 bits per heavy atom. The number of nitro groups is 1. The van der Waals surface area contributed by atoms with Gasteiger partial charge in [-0.2, -0.15) is 0 Å². The minimum Gasteiger partial charge on any atom is -0.383 e. The fourth-order valence-electron chi connectivity index (χ4n) is 1.12. The monoisotopic (exact) mass is 292 g/mol. The van der Waals surface area contributed by atoms with E-state index < -0.39 is 10.7 Å². The fraction of sp³-hybridized carbons (Fsp3) is 0.333. The van der Waals surface area contributed by atoms with Gasteiger partial charge in [-0.05, 0) is 22.0 Å². The fourth-order valence-corrected chi connectivity index (χ4v) is 1.46. The van der Waals surface area contributed by atoms with Gasteiger partial charge in [0, 0.05) is 13.7 Å². The number of ether oxygens (including phenoxy) is 1. The highest BCUT2D eigenvalue weighted by atomic mass is 79.9. The van der Waals surface area contributed by atoms with E-state index in [1.54, 1.807) is 0 Å². The third kappa shape index (κ3) is 3.14. The second-order valence-electron chi connectivity index (χ2n) is 2.96. The minimum atomic E-state index is -0.663. The molecule has 1 aromatic carbocycles. The summed E-state index contributed by atoms with van der Waals surface area (Å²) in [5.41, 5.74) is -0.0351. The molecule has 0 saturated heterocycles. The van der Waals surface area contributed by atoms with Crippen LogP contribution in [0.3, 0.4) is 0 Å². The summed E-state index contributed by atoms with van der Waals surface area (Å²) >= 11 is 2.97. The molecule has 5 nitrogen and oxygen atoms in total. The smallest absolute Gasteiger partial charge is 0.295 e. The largest absolute Gasteiger partial charge is 0.383 e. The molecule has 1 aromatic rings. The Morgan fingerprint density at radius 2 is 2.31 bits per heavy atom. The van der Waals surface area contributed by atoms with Crippen molar-refractivity contribution in [3.8, 4) is 0 Å². The van der Waals surface area contributed by atoms with Crippen LogP contribution in [0.2, 0.25) is 0 Å². The van der Waals surface area contributed by atoms with E-state index in [1.165, 1.54) is 13.2 Å². The zero-order chi connectivity index (χ0) is 12.1. The van der Waals surface area contributed by atoms with Crippen molar-refractivity contribution in [2.24, 2.45) is 0 Å². The van der Waals surface area contributed by atoms with Gasteiger partial charge in [0.1, 0.15) is 11.5 Å². The number of benzene rings is 1. The first-order valence-electron chi connectivity index (χ1n) is 4.42. The van der Waals surface area contributed by atoms with E-state index in [9.17, 15) is 14.5 Å². The predicted molar refractivity (Wildman–Crippen MR) is 61.1 cm³/mol. The SMILES string of the molecule is COCCNc1cc(Br)c(F)cc1[N+](=O)[O-]. The first kappa shape index (κ1) is 12.9. The number of nitro benzene ring substituents is 1. The zero-order valence-corrected chi connectivity index (χ0v) is 10.1. The second kappa shape index (κ2) is 5.76. The van der Waals surface area contributed by atoms with Crippen molar-refractivity contribution >= 4 is 27.3 Å². The predicted octanol–water partition coefficient (Wildman–Crippen LogP) is 2.55. The topological polar surface area (TPSA) is 64.4 Å². The molecule has 0 aliphatic rings. The van der Waals surface area contributed by atoms with Crippen LogP contribution in [0, 0.1) is 15.9 Å². The van der Waals surface area contributed by atoms with Crippen molar-refractivity contribution in [2.75, 3.05) is 25.6 Å². The molecular formula is C9H10BrFN2O3.